The number of amides is 2. The van der Waals surface area contributed by atoms with E-state index < -0.39 is 17.6 Å². The minimum atomic E-state index is -0.472. The third-order valence-electron chi connectivity index (χ3n) is 3.01. The lowest BCUT2D eigenvalue weighted by Gasteiger charge is -2.13. The molecule has 6 heteroatoms. The third-order valence-corrected chi connectivity index (χ3v) is 3.01. The van der Waals surface area contributed by atoms with E-state index >= 15 is 0 Å². The smallest absolute Gasteiger partial charge is 0.277 e. The lowest BCUT2D eigenvalue weighted by atomic mass is 10.3. The quantitative estimate of drug-likeness (QED) is 0.876. The van der Waals surface area contributed by atoms with Crippen molar-refractivity contribution in [1.82, 2.24) is 4.90 Å². The number of furan rings is 1. The summed E-state index contributed by atoms with van der Waals surface area (Å²) >= 11 is 0. The van der Waals surface area contributed by atoms with Crippen molar-refractivity contribution in [3.05, 3.63) is 66.0 Å². The Kier molecular flexibility index (Phi) is 3.27. The van der Waals surface area contributed by atoms with E-state index in [1.54, 1.807) is 18.2 Å². The normalized spacial score (nSPS) is 14.5. The molecule has 0 spiro atoms. The van der Waals surface area contributed by atoms with Gasteiger partial charge in [-0.3, -0.25) is 14.5 Å². The number of hydrogen-bond donors (Lipinski definition) is 1. The highest BCUT2D eigenvalue weighted by atomic mass is 19.1. The van der Waals surface area contributed by atoms with Gasteiger partial charge in [-0.15, -0.1) is 0 Å². The lowest BCUT2D eigenvalue weighted by Crippen LogP contribution is -2.31. The molecule has 0 saturated heterocycles. The molecule has 2 aromatic rings. The van der Waals surface area contributed by atoms with Crippen molar-refractivity contribution in [1.29, 1.82) is 0 Å². The highest BCUT2D eigenvalue weighted by molar-refractivity contribution is 6.17. The minimum Gasteiger partial charge on any atom is -0.467 e. The number of benzene rings is 1. The Morgan fingerprint density at radius 2 is 2.05 bits per heavy atom. The second-order valence-electron chi connectivity index (χ2n) is 4.50. The van der Waals surface area contributed by atoms with Crippen LogP contribution in [-0.2, 0) is 16.1 Å². The van der Waals surface area contributed by atoms with Gasteiger partial charge in [0.25, 0.3) is 11.8 Å². The monoisotopic (exact) mass is 286 g/mol. The first-order valence-corrected chi connectivity index (χ1v) is 6.26. The van der Waals surface area contributed by atoms with Crippen molar-refractivity contribution in [2.24, 2.45) is 0 Å². The standard InChI is InChI=1S/C15H11FN2O3/c16-10-3-1-4-11(7-10)17-13-8-14(19)18(15(13)20)9-12-5-2-6-21-12/h1-8,17H,9H2. The molecule has 0 radical (unpaired) electrons. The molecule has 1 N–H and O–H groups in total. The summed E-state index contributed by atoms with van der Waals surface area (Å²) in [6.07, 6.45) is 2.66. The number of carbonyl (C=O) groups is 2. The van der Waals surface area contributed by atoms with Crippen LogP contribution in [0.3, 0.4) is 0 Å². The number of hydrogen-bond acceptors (Lipinski definition) is 4. The number of anilines is 1. The molecule has 21 heavy (non-hydrogen) atoms. The Bertz CT molecular complexity index is 722. The molecule has 0 bridgehead atoms. The first kappa shape index (κ1) is 13.1. The fraction of sp³-hybridized carbons (Fsp3) is 0.0667. The molecule has 0 unspecified atom stereocenters. The molecule has 0 aliphatic carbocycles. The van der Waals surface area contributed by atoms with Crippen LogP contribution in [0, 0.1) is 5.82 Å². The number of rotatable bonds is 4. The van der Waals surface area contributed by atoms with E-state index in [2.05, 4.69) is 5.32 Å². The van der Waals surface area contributed by atoms with Crippen LogP contribution < -0.4 is 5.32 Å². The third kappa shape index (κ3) is 2.69. The van der Waals surface area contributed by atoms with E-state index in [9.17, 15) is 14.0 Å². The maximum atomic E-state index is 13.1. The zero-order chi connectivity index (χ0) is 14.8. The van der Waals surface area contributed by atoms with Gasteiger partial charge in [0.15, 0.2) is 0 Å². The fourth-order valence-corrected chi connectivity index (χ4v) is 2.03. The molecule has 3 rings (SSSR count). The van der Waals surface area contributed by atoms with Gasteiger partial charge in [0.05, 0.1) is 12.8 Å². The molecule has 2 heterocycles. The molecule has 1 aliphatic rings. The van der Waals surface area contributed by atoms with Gasteiger partial charge < -0.3 is 9.73 Å². The molecule has 5 nitrogen and oxygen atoms in total. The van der Waals surface area contributed by atoms with Gasteiger partial charge in [0.1, 0.15) is 17.3 Å². The van der Waals surface area contributed by atoms with E-state index in [1.807, 2.05) is 0 Å². The van der Waals surface area contributed by atoms with Crippen LogP contribution in [0.2, 0.25) is 0 Å². The summed E-state index contributed by atoms with van der Waals surface area (Å²) in [6.45, 7) is 0.0650. The van der Waals surface area contributed by atoms with Crippen LogP contribution in [0.1, 0.15) is 5.76 Å². The van der Waals surface area contributed by atoms with Crippen LogP contribution in [0.15, 0.2) is 58.9 Å². The van der Waals surface area contributed by atoms with Gasteiger partial charge >= 0.3 is 0 Å². The van der Waals surface area contributed by atoms with E-state index in [1.165, 1.54) is 30.5 Å². The summed E-state index contributed by atoms with van der Waals surface area (Å²) in [5.41, 5.74) is 0.513. The van der Waals surface area contributed by atoms with Crippen LogP contribution >= 0.6 is 0 Å². The Labute approximate surface area is 119 Å². The van der Waals surface area contributed by atoms with E-state index in [-0.39, 0.29) is 12.2 Å². The van der Waals surface area contributed by atoms with Crippen LogP contribution in [-0.4, -0.2) is 16.7 Å². The summed E-state index contributed by atoms with van der Waals surface area (Å²) in [5, 5.41) is 2.75. The largest absolute Gasteiger partial charge is 0.467 e. The second-order valence-corrected chi connectivity index (χ2v) is 4.50. The number of imide groups is 1. The highest BCUT2D eigenvalue weighted by Gasteiger charge is 2.31. The maximum Gasteiger partial charge on any atom is 0.277 e. The van der Waals surface area contributed by atoms with Crippen molar-refractivity contribution in [3.8, 4) is 0 Å². The van der Waals surface area contributed by atoms with Crippen LogP contribution in [0.25, 0.3) is 0 Å². The summed E-state index contributed by atoms with van der Waals surface area (Å²) < 4.78 is 18.2. The average molecular weight is 286 g/mol. The predicted octanol–water partition coefficient (Wildman–Crippen LogP) is 2.28. The van der Waals surface area contributed by atoms with Gasteiger partial charge in [0.2, 0.25) is 0 Å². The van der Waals surface area contributed by atoms with E-state index in [4.69, 9.17) is 4.42 Å². The van der Waals surface area contributed by atoms with Gasteiger partial charge in [-0.25, -0.2) is 4.39 Å². The Hall–Kier alpha value is -2.89. The first-order chi connectivity index (χ1) is 10.1. The van der Waals surface area contributed by atoms with Crippen molar-refractivity contribution in [3.63, 3.8) is 0 Å². The molecule has 0 fully saturated rings. The van der Waals surface area contributed by atoms with E-state index in [0.29, 0.717) is 11.4 Å². The Balaban J connectivity index is 1.74. The Morgan fingerprint density at radius 3 is 2.76 bits per heavy atom. The van der Waals surface area contributed by atoms with Gasteiger partial charge in [0, 0.05) is 11.8 Å². The summed E-state index contributed by atoms with van der Waals surface area (Å²) in [6, 6.07) is 9.02. The zero-order valence-electron chi connectivity index (χ0n) is 10.9. The molecule has 1 aliphatic heterocycles. The van der Waals surface area contributed by atoms with Crippen molar-refractivity contribution >= 4 is 17.5 Å². The molecule has 0 atom stereocenters. The topological polar surface area (TPSA) is 62.6 Å². The fourth-order valence-electron chi connectivity index (χ4n) is 2.03. The SMILES string of the molecule is O=C1C=C(Nc2cccc(F)c2)C(=O)N1Cc1ccco1. The molecule has 1 aromatic heterocycles. The summed E-state index contributed by atoms with van der Waals surface area (Å²) in [5.74, 6) is -0.821. The number of carbonyl (C=O) groups excluding carboxylic acids is 2. The first-order valence-electron chi connectivity index (χ1n) is 6.26. The molecular weight excluding hydrogens is 275 g/mol. The second kappa shape index (κ2) is 5.24. The van der Waals surface area contributed by atoms with Crippen molar-refractivity contribution in [2.75, 3.05) is 5.32 Å². The highest BCUT2D eigenvalue weighted by Crippen LogP contribution is 2.19. The van der Waals surface area contributed by atoms with Gasteiger partial charge in [-0.05, 0) is 30.3 Å². The molecule has 1 aromatic carbocycles. The molecular formula is C15H11FN2O3. The summed E-state index contributed by atoms with van der Waals surface area (Å²) in [7, 11) is 0. The molecule has 106 valence electrons. The number of halogens is 1. The van der Waals surface area contributed by atoms with E-state index in [0.717, 1.165) is 4.90 Å². The predicted molar refractivity (Wildman–Crippen MR) is 72.4 cm³/mol. The lowest BCUT2D eigenvalue weighted by molar-refractivity contribution is -0.138. The number of nitrogens with zero attached hydrogens (tertiary/aromatic N) is 1. The zero-order valence-corrected chi connectivity index (χ0v) is 10.9. The Morgan fingerprint density at radius 1 is 1.19 bits per heavy atom. The van der Waals surface area contributed by atoms with Crippen molar-refractivity contribution in [2.45, 2.75) is 6.54 Å². The van der Waals surface area contributed by atoms with Crippen LogP contribution in [0.5, 0.6) is 0 Å². The van der Waals surface area contributed by atoms with Crippen LogP contribution in [0.4, 0.5) is 10.1 Å². The maximum absolute atomic E-state index is 13.1. The van der Waals surface area contributed by atoms with Gasteiger partial charge in [-0.1, -0.05) is 6.07 Å². The molecule has 0 saturated carbocycles. The average Bonchev–Trinajstić information content (AvgIpc) is 3.04. The van der Waals surface area contributed by atoms with Crippen molar-refractivity contribution < 1.29 is 18.4 Å². The summed E-state index contributed by atoms with van der Waals surface area (Å²) in [4.78, 5) is 25.1. The van der Waals surface area contributed by atoms with Gasteiger partial charge in [-0.2, -0.15) is 0 Å². The molecule has 2 amide bonds. The minimum absolute atomic E-state index is 0.0650. The number of nitrogens with one attached hydrogen (secondary N) is 1.